The minimum atomic E-state index is -0.471. The van der Waals surface area contributed by atoms with Crippen molar-refractivity contribution in [2.45, 2.75) is 13.3 Å². The number of hydrogen-bond acceptors (Lipinski definition) is 6. The van der Waals surface area contributed by atoms with Crippen molar-refractivity contribution in [3.05, 3.63) is 58.0 Å². The van der Waals surface area contributed by atoms with E-state index in [1.165, 1.54) is 18.3 Å². The van der Waals surface area contributed by atoms with Crippen LogP contribution in [0, 0.1) is 22.9 Å². The molecular formula is C19H22FN5O3. The molecule has 0 saturated carbocycles. The number of nitrogens with zero attached hydrogens (tertiary/aromatic N) is 4. The number of benzene rings is 1. The molecule has 9 heteroatoms. The number of halogens is 1. The summed E-state index contributed by atoms with van der Waals surface area (Å²) >= 11 is 0. The van der Waals surface area contributed by atoms with Gasteiger partial charge in [-0.25, -0.2) is 9.37 Å². The number of anilines is 2. The van der Waals surface area contributed by atoms with E-state index in [0.29, 0.717) is 50.5 Å². The Morgan fingerprint density at radius 3 is 2.54 bits per heavy atom. The molecule has 1 aliphatic rings. The van der Waals surface area contributed by atoms with Gasteiger partial charge >= 0.3 is 0 Å². The van der Waals surface area contributed by atoms with Gasteiger partial charge in [0, 0.05) is 50.4 Å². The Hall–Kier alpha value is -3.23. The quantitative estimate of drug-likeness (QED) is 0.605. The molecule has 1 fully saturated rings. The van der Waals surface area contributed by atoms with Gasteiger partial charge in [0.05, 0.1) is 4.92 Å². The van der Waals surface area contributed by atoms with Crippen molar-refractivity contribution >= 4 is 23.1 Å². The second-order valence-corrected chi connectivity index (χ2v) is 6.63. The molecule has 1 N–H and O–H groups in total. The van der Waals surface area contributed by atoms with Crippen LogP contribution in [-0.2, 0) is 4.79 Å². The summed E-state index contributed by atoms with van der Waals surface area (Å²) < 4.78 is 13.0. The molecule has 0 unspecified atom stereocenters. The van der Waals surface area contributed by atoms with Gasteiger partial charge in [-0.2, -0.15) is 0 Å². The number of pyridine rings is 1. The van der Waals surface area contributed by atoms with E-state index in [9.17, 15) is 19.3 Å². The number of carbonyl (C=O) groups is 1. The van der Waals surface area contributed by atoms with Crippen LogP contribution >= 0.6 is 0 Å². The third-order valence-electron chi connectivity index (χ3n) is 4.75. The Balaban J connectivity index is 1.44. The molecule has 28 heavy (non-hydrogen) atoms. The standard InChI is InChI=1S/C19H22FN5O3/c1-14-12-18(22-13-17(14)25(27)28)21-7-6-19(26)24-10-8-23(9-11-24)16-4-2-15(20)3-5-16/h2-5,12-13H,6-11H2,1H3,(H,21,22). The zero-order chi connectivity index (χ0) is 20.1. The lowest BCUT2D eigenvalue weighted by atomic mass is 10.2. The minimum Gasteiger partial charge on any atom is -0.370 e. The molecule has 0 atom stereocenters. The topological polar surface area (TPSA) is 91.6 Å². The van der Waals surface area contributed by atoms with Crippen LogP contribution in [-0.4, -0.2) is 53.4 Å². The normalized spacial score (nSPS) is 14.1. The lowest BCUT2D eigenvalue weighted by Crippen LogP contribution is -2.49. The first-order chi connectivity index (χ1) is 13.4. The average molecular weight is 387 g/mol. The number of rotatable bonds is 6. The number of carbonyl (C=O) groups excluding carboxylic acids is 1. The predicted octanol–water partition coefficient (Wildman–Crippen LogP) is 2.59. The number of aryl methyl sites for hydroxylation is 1. The average Bonchev–Trinajstić information content (AvgIpc) is 2.68. The van der Waals surface area contributed by atoms with E-state index < -0.39 is 4.92 Å². The van der Waals surface area contributed by atoms with Crippen molar-refractivity contribution in [1.29, 1.82) is 0 Å². The third-order valence-corrected chi connectivity index (χ3v) is 4.75. The maximum absolute atomic E-state index is 13.0. The largest absolute Gasteiger partial charge is 0.370 e. The second kappa shape index (κ2) is 8.64. The highest BCUT2D eigenvalue weighted by Gasteiger charge is 2.21. The molecular weight excluding hydrogens is 365 g/mol. The van der Waals surface area contributed by atoms with Crippen LogP contribution < -0.4 is 10.2 Å². The zero-order valence-electron chi connectivity index (χ0n) is 15.6. The Morgan fingerprint density at radius 1 is 1.25 bits per heavy atom. The zero-order valence-corrected chi connectivity index (χ0v) is 15.6. The van der Waals surface area contributed by atoms with Crippen LogP contribution in [0.2, 0.25) is 0 Å². The van der Waals surface area contributed by atoms with E-state index in [2.05, 4.69) is 15.2 Å². The number of hydrogen-bond donors (Lipinski definition) is 1. The summed E-state index contributed by atoms with van der Waals surface area (Å²) in [5.41, 5.74) is 1.45. The Bertz CT molecular complexity index is 851. The van der Waals surface area contributed by atoms with Gasteiger partial charge in [0.15, 0.2) is 0 Å². The van der Waals surface area contributed by atoms with E-state index in [1.54, 1.807) is 25.1 Å². The van der Waals surface area contributed by atoms with Gasteiger partial charge in [-0.3, -0.25) is 14.9 Å². The fourth-order valence-corrected chi connectivity index (χ4v) is 3.16. The van der Waals surface area contributed by atoms with Crippen molar-refractivity contribution in [3.8, 4) is 0 Å². The van der Waals surface area contributed by atoms with Gasteiger partial charge < -0.3 is 15.1 Å². The summed E-state index contributed by atoms with van der Waals surface area (Å²) in [6.45, 7) is 4.69. The van der Waals surface area contributed by atoms with Gasteiger partial charge in [-0.15, -0.1) is 0 Å². The van der Waals surface area contributed by atoms with Crippen LogP contribution in [0.5, 0.6) is 0 Å². The van der Waals surface area contributed by atoms with E-state index in [4.69, 9.17) is 0 Å². The van der Waals surface area contributed by atoms with Gasteiger partial charge in [-0.05, 0) is 37.3 Å². The summed E-state index contributed by atoms with van der Waals surface area (Å²) in [7, 11) is 0. The summed E-state index contributed by atoms with van der Waals surface area (Å²) in [5, 5.41) is 13.8. The van der Waals surface area contributed by atoms with Gasteiger partial charge in [0.2, 0.25) is 5.91 Å². The Morgan fingerprint density at radius 2 is 1.93 bits per heavy atom. The van der Waals surface area contributed by atoms with Crippen molar-refractivity contribution in [2.24, 2.45) is 0 Å². The van der Waals surface area contributed by atoms with E-state index in [0.717, 1.165) is 5.69 Å². The van der Waals surface area contributed by atoms with Crippen molar-refractivity contribution in [2.75, 3.05) is 42.9 Å². The molecule has 0 spiro atoms. The van der Waals surface area contributed by atoms with Crippen LogP contribution in [0.25, 0.3) is 0 Å². The molecule has 0 bridgehead atoms. The fourth-order valence-electron chi connectivity index (χ4n) is 3.16. The SMILES string of the molecule is Cc1cc(NCCC(=O)N2CCN(c3ccc(F)cc3)CC2)ncc1[N+](=O)[O-]. The fraction of sp³-hybridized carbons (Fsp3) is 0.368. The van der Waals surface area contributed by atoms with Gasteiger partial charge in [-0.1, -0.05) is 0 Å². The van der Waals surface area contributed by atoms with E-state index in [-0.39, 0.29) is 17.4 Å². The highest BCUT2D eigenvalue weighted by atomic mass is 19.1. The number of piperazine rings is 1. The van der Waals surface area contributed by atoms with Crippen LogP contribution in [0.15, 0.2) is 36.5 Å². The predicted molar refractivity (Wildman–Crippen MR) is 104 cm³/mol. The second-order valence-electron chi connectivity index (χ2n) is 6.63. The van der Waals surface area contributed by atoms with Crippen LogP contribution in [0.3, 0.4) is 0 Å². The molecule has 1 amide bonds. The number of nitro groups is 1. The smallest absolute Gasteiger partial charge is 0.290 e. The summed E-state index contributed by atoms with van der Waals surface area (Å²) in [6, 6.07) is 7.97. The highest BCUT2D eigenvalue weighted by Crippen LogP contribution is 2.19. The monoisotopic (exact) mass is 387 g/mol. The molecule has 3 rings (SSSR count). The minimum absolute atomic E-state index is 0.0272. The van der Waals surface area contributed by atoms with Gasteiger partial charge in [0.25, 0.3) is 5.69 Å². The van der Waals surface area contributed by atoms with Crippen LogP contribution in [0.1, 0.15) is 12.0 Å². The number of nitrogens with one attached hydrogen (secondary N) is 1. The van der Waals surface area contributed by atoms with Crippen molar-refractivity contribution in [3.63, 3.8) is 0 Å². The highest BCUT2D eigenvalue weighted by molar-refractivity contribution is 5.77. The summed E-state index contributed by atoms with van der Waals surface area (Å²) in [6.07, 6.45) is 1.53. The molecule has 1 aliphatic heterocycles. The lowest BCUT2D eigenvalue weighted by molar-refractivity contribution is -0.385. The van der Waals surface area contributed by atoms with Crippen molar-refractivity contribution < 1.29 is 14.1 Å². The first-order valence-electron chi connectivity index (χ1n) is 9.07. The maximum Gasteiger partial charge on any atom is 0.290 e. The molecule has 2 aromatic rings. The molecule has 148 valence electrons. The Kier molecular flexibility index (Phi) is 6.03. The number of aromatic nitrogens is 1. The molecule has 8 nitrogen and oxygen atoms in total. The molecule has 1 aromatic heterocycles. The lowest BCUT2D eigenvalue weighted by Gasteiger charge is -2.36. The van der Waals surface area contributed by atoms with Crippen LogP contribution in [0.4, 0.5) is 21.6 Å². The summed E-state index contributed by atoms with van der Waals surface area (Å²) in [5.74, 6) is 0.296. The van der Waals surface area contributed by atoms with Crippen molar-refractivity contribution in [1.82, 2.24) is 9.88 Å². The Labute approximate surface area is 162 Å². The third kappa shape index (κ3) is 4.73. The van der Waals surface area contributed by atoms with Gasteiger partial charge in [0.1, 0.15) is 17.8 Å². The number of amides is 1. The molecule has 2 heterocycles. The van der Waals surface area contributed by atoms with E-state index in [1.807, 2.05) is 4.90 Å². The maximum atomic E-state index is 13.0. The summed E-state index contributed by atoms with van der Waals surface area (Å²) in [4.78, 5) is 30.7. The molecule has 0 radical (unpaired) electrons. The molecule has 1 saturated heterocycles. The van der Waals surface area contributed by atoms with E-state index >= 15 is 0 Å². The molecule has 1 aromatic carbocycles. The molecule has 0 aliphatic carbocycles. The first-order valence-corrected chi connectivity index (χ1v) is 9.07. The first kappa shape index (κ1) is 19.5.